The van der Waals surface area contributed by atoms with Gasteiger partial charge in [0.2, 0.25) is 5.91 Å². The average molecular weight is 421 g/mol. The first kappa shape index (κ1) is 20.9. The SMILES string of the molecule is COc1ccc([C@H]2CCCN2C(=O)CN2C(=O)N[C@](C)(c3ccc(C)cc3)C2=O)cc1. The number of nitrogens with one attached hydrogen (secondary N) is 1. The number of nitrogens with zero attached hydrogens (tertiary/aromatic N) is 2. The highest BCUT2D eigenvalue weighted by Crippen LogP contribution is 2.34. The fraction of sp³-hybridized carbons (Fsp3) is 0.375. The number of hydrogen-bond acceptors (Lipinski definition) is 4. The summed E-state index contributed by atoms with van der Waals surface area (Å²) < 4.78 is 5.21. The number of aryl methyl sites for hydroxylation is 1. The predicted molar refractivity (Wildman–Crippen MR) is 115 cm³/mol. The lowest BCUT2D eigenvalue weighted by atomic mass is 9.91. The van der Waals surface area contributed by atoms with Crippen molar-refractivity contribution in [3.05, 3.63) is 65.2 Å². The zero-order valence-corrected chi connectivity index (χ0v) is 18.1. The van der Waals surface area contributed by atoms with E-state index < -0.39 is 17.5 Å². The first-order valence-corrected chi connectivity index (χ1v) is 10.5. The molecule has 2 saturated heterocycles. The minimum Gasteiger partial charge on any atom is -0.497 e. The normalized spacial score (nSPS) is 23.3. The molecule has 4 rings (SSSR count). The molecular formula is C24H27N3O4. The van der Waals surface area contributed by atoms with Crippen LogP contribution in [0.2, 0.25) is 0 Å². The molecule has 4 amide bonds. The predicted octanol–water partition coefficient (Wildman–Crippen LogP) is 3.13. The van der Waals surface area contributed by atoms with Crippen molar-refractivity contribution < 1.29 is 19.1 Å². The Morgan fingerprint density at radius 1 is 1.13 bits per heavy atom. The van der Waals surface area contributed by atoms with Gasteiger partial charge in [-0.3, -0.25) is 14.5 Å². The summed E-state index contributed by atoms with van der Waals surface area (Å²) in [4.78, 5) is 41.7. The Balaban J connectivity index is 1.50. The lowest BCUT2D eigenvalue weighted by Crippen LogP contribution is -2.44. The van der Waals surface area contributed by atoms with E-state index in [1.54, 1.807) is 18.9 Å². The molecule has 2 aliphatic heterocycles. The molecule has 2 atom stereocenters. The molecule has 2 aromatic carbocycles. The molecule has 2 fully saturated rings. The van der Waals surface area contributed by atoms with Crippen LogP contribution in [0.4, 0.5) is 4.79 Å². The van der Waals surface area contributed by atoms with Gasteiger partial charge in [-0.15, -0.1) is 0 Å². The quantitative estimate of drug-likeness (QED) is 0.753. The van der Waals surface area contributed by atoms with E-state index in [4.69, 9.17) is 4.74 Å². The topological polar surface area (TPSA) is 79.0 Å². The van der Waals surface area contributed by atoms with Gasteiger partial charge in [0.1, 0.15) is 17.8 Å². The van der Waals surface area contributed by atoms with Crippen molar-refractivity contribution >= 4 is 17.8 Å². The molecule has 0 radical (unpaired) electrons. The third-order valence-corrected chi connectivity index (χ3v) is 6.27. The second-order valence-corrected chi connectivity index (χ2v) is 8.33. The molecule has 2 aromatic rings. The smallest absolute Gasteiger partial charge is 0.325 e. The van der Waals surface area contributed by atoms with Crippen LogP contribution in [0.15, 0.2) is 48.5 Å². The molecule has 7 nitrogen and oxygen atoms in total. The molecule has 0 saturated carbocycles. The highest BCUT2D eigenvalue weighted by molar-refractivity contribution is 6.09. The molecule has 7 heteroatoms. The second kappa shape index (κ2) is 8.06. The number of imide groups is 1. The Morgan fingerprint density at radius 2 is 1.81 bits per heavy atom. The maximum atomic E-state index is 13.2. The van der Waals surface area contributed by atoms with Gasteiger partial charge in [-0.1, -0.05) is 42.0 Å². The third kappa shape index (κ3) is 3.76. The fourth-order valence-corrected chi connectivity index (χ4v) is 4.39. The van der Waals surface area contributed by atoms with Crippen molar-refractivity contribution in [2.75, 3.05) is 20.2 Å². The molecule has 0 unspecified atom stereocenters. The Kier molecular flexibility index (Phi) is 5.43. The molecular weight excluding hydrogens is 394 g/mol. The number of rotatable bonds is 5. The Morgan fingerprint density at radius 3 is 2.45 bits per heavy atom. The zero-order chi connectivity index (χ0) is 22.2. The number of likely N-dealkylation sites (tertiary alicyclic amines) is 1. The van der Waals surface area contributed by atoms with Gasteiger partial charge in [0.25, 0.3) is 5.91 Å². The summed E-state index contributed by atoms with van der Waals surface area (Å²) in [6.45, 7) is 3.98. The van der Waals surface area contributed by atoms with Crippen LogP contribution in [0.25, 0.3) is 0 Å². The van der Waals surface area contributed by atoms with Gasteiger partial charge in [-0.2, -0.15) is 0 Å². The maximum Gasteiger partial charge on any atom is 0.325 e. The van der Waals surface area contributed by atoms with Crippen LogP contribution in [-0.2, 0) is 15.1 Å². The van der Waals surface area contributed by atoms with Crippen LogP contribution in [0.3, 0.4) is 0 Å². The summed E-state index contributed by atoms with van der Waals surface area (Å²) in [5, 5.41) is 2.77. The first-order valence-electron chi connectivity index (χ1n) is 10.5. The number of methoxy groups -OCH3 is 1. The molecule has 0 aliphatic carbocycles. The molecule has 0 spiro atoms. The highest BCUT2D eigenvalue weighted by Gasteiger charge is 2.50. The molecule has 31 heavy (non-hydrogen) atoms. The number of carbonyl (C=O) groups is 3. The number of carbonyl (C=O) groups excluding carboxylic acids is 3. The van der Waals surface area contributed by atoms with Crippen LogP contribution in [0.5, 0.6) is 5.75 Å². The van der Waals surface area contributed by atoms with E-state index in [9.17, 15) is 14.4 Å². The van der Waals surface area contributed by atoms with Gasteiger partial charge in [0.15, 0.2) is 0 Å². The standard InChI is InChI=1S/C24H27N3O4/c1-16-6-10-18(11-7-16)24(2)22(29)27(23(30)25-24)15-21(28)26-14-4-5-20(26)17-8-12-19(31-3)13-9-17/h6-13,20H,4-5,14-15H2,1-3H3,(H,25,30)/t20-,24-/m1/s1. The summed E-state index contributed by atoms with van der Waals surface area (Å²) in [6, 6.07) is 14.5. The Bertz CT molecular complexity index is 1000. The maximum absolute atomic E-state index is 13.2. The summed E-state index contributed by atoms with van der Waals surface area (Å²) in [5.74, 6) is 0.124. The highest BCUT2D eigenvalue weighted by atomic mass is 16.5. The van der Waals surface area contributed by atoms with Gasteiger partial charge in [0.05, 0.1) is 13.2 Å². The average Bonchev–Trinajstić information content (AvgIpc) is 3.34. The largest absolute Gasteiger partial charge is 0.497 e. The number of urea groups is 1. The van der Waals surface area contributed by atoms with Crippen LogP contribution in [0.1, 0.15) is 42.5 Å². The summed E-state index contributed by atoms with van der Waals surface area (Å²) in [7, 11) is 1.61. The van der Waals surface area contributed by atoms with Crippen molar-refractivity contribution in [2.45, 2.75) is 38.3 Å². The van der Waals surface area contributed by atoms with Crippen molar-refractivity contribution in [1.82, 2.24) is 15.1 Å². The van der Waals surface area contributed by atoms with Gasteiger partial charge in [0, 0.05) is 6.54 Å². The van der Waals surface area contributed by atoms with Crippen LogP contribution < -0.4 is 10.1 Å². The molecule has 0 bridgehead atoms. The summed E-state index contributed by atoms with van der Waals surface area (Å²) >= 11 is 0. The van der Waals surface area contributed by atoms with Crippen molar-refractivity contribution in [3.8, 4) is 5.75 Å². The number of hydrogen-bond donors (Lipinski definition) is 1. The van der Waals surface area contributed by atoms with Gasteiger partial charge in [-0.25, -0.2) is 4.79 Å². The number of benzene rings is 2. The van der Waals surface area contributed by atoms with E-state index in [-0.39, 0.29) is 18.5 Å². The van der Waals surface area contributed by atoms with E-state index in [1.807, 2.05) is 55.5 Å². The lowest BCUT2D eigenvalue weighted by molar-refractivity contribution is -0.139. The van der Waals surface area contributed by atoms with Crippen molar-refractivity contribution in [2.24, 2.45) is 0 Å². The Hall–Kier alpha value is -3.35. The van der Waals surface area contributed by atoms with Crippen molar-refractivity contribution in [1.29, 1.82) is 0 Å². The summed E-state index contributed by atoms with van der Waals surface area (Å²) in [5.41, 5.74) is 1.61. The lowest BCUT2D eigenvalue weighted by Gasteiger charge is -2.27. The van der Waals surface area contributed by atoms with Crippen molar-refractivity contribution in [3.63, 3.8) is 0 Å². The fourth-order valence-electron chi connectivity index (χ4n) is 4.39. The molecule has 0 aromatic heterocycles. The van der Waals surface area contributed by atoms with Gasteiger partial charge >= 0.3 is 6.03 Å². The van der Waals surface area contributed by atoms with E-state index in [2.05, 4.69) is 5.32 Å². The molecule has 2 aliphatic rings. The molecule has 162 valence electrons. The molecule has 2 heterocycles. The zero-order valence-electron chi connectivity index (χ0n) is 18.1. The Labute approximate surface area is 182 Å². The minimum absolute atomic E-state index is 0.0670. The van der Waals surface area contributed by atoms with Crippen LogP contribution >= 0.6 is 0 Å². The van der Waals surface area contributed by atoms with E-state index >= 15 is 0 Å². The second-order valence-electron chi connectivity index (χ2n) is 8.33. The first-order chi connectivity index (χ1) is 14.8. The van der Waals surface area contributed by atoms with E-state index in [1.165, 1.54) is 0 Å². The number of amides is 4. The molecule has 1 N–H and O–H groups in total. The number of ether oxygens (including phenoxy) is 1. The van der Waals surface area contributed by atoms with Gasteiger partial charge < -0.3 is 15.0 Å². The van der Waals surface area contributed by atoms with Gasteiger partial charge in [-0.05, 0) is 49.9 Å². The third-order valence-electron chi connectivity index (χ3n) is 6.27. The summed E-state index contributed by atoms with van der Waals surface area (Å²) in [6.07, 6.45) is 1.73. The van der Waals surface area contributed by atoms with Crippen LogP contribution in [-0.4, -0.2) is 47.8 Å². The van der Waals surface area contributed by atoms with Crippen LogP contribution in [0, 0.1) is 6.92 Å². The monoisotopic (exact) mass is 421 g/mol. The minimum atomic E-state index is -1.18. The van der Waals surface area contributed by atoms with E-state index in [0.29, 0.717) is 12.1 Å². The van der Waals surface area contributed by atoms with E-state index in [0.717, 1.165) is 34.6 Å².